The molecular weight excluding hydrogens is 158 g/mol. The Hall–Kier alpha value is 0.620. The first kappa shape index (κ1) is 12.3. The molecule has 7 heteroatoms. The molecule has 5 nitrogen and oxygen atoms in total. The van der Waals surface area contributed by atoms with Crippen LogP contribution in [0.3, 0.4) is 0 Å². The summed E-state index contributed by atoms with van der Waals surface area (Å²) in [4.78, 5) is 24.4. The summed E-state index contributed by atoms with van der Waals surface area (Å²) in [6.07, 6.45) is 0. The Morgan fingerprint density at radius 3 is 1.56 bits per heavy atom. The monoisotopic (exact) mass is 164 g/mol. The number of rotatable bonds is 0. The van der Waals surface area contributed by atoms with Gasteiger partial charge in [-0.3, -0.25) is 4.79 Å². The van der Waals surface area contributed by atoms with E-state index >= 15 is 0 Å². The van der Waals surface area contributed by atoms with Gasteiger partial charge in [-0.2, -0.15) is 0 Å². The zero-order valence-electron chi connectivity index (χ0n) is 5.11. The van der Waals surface area contributed by atoms with Crippen LogP contribution in [-0.4, -0.2) is 48.2 Å². The van der Waals surface area contributed by atoms with Gasteiger partial charge in [-0.1, -0.05) is 0 Å². The molecule has 0 amide bonds. The van der Waals surface area contributed by atoms with Gasteiger partial charge in [-0.25, -0.2) is 0 Å². The third-order valence-electron chi connectivity index (χ3n) is 0. The van der Waals surface area contributed by atoms with Crippen molar-refractivity contribution in [3.63, 3.8) is 0 Å². The van der Waals surface area contributed by atoms with Crippen molar-refractivity contribution in [2.45, 2.75) is 6.92 Å². The molecule has 0 saturated heterocycles. The Kier molecular flexibility index (Phi) is 7.40. The summed E-state index contributed by atoms with van der Waals surface area (Å²) in [5.74, 6) is -0.833. The molecule has 50 valence electrons. The second-order valence-corrected chi connectivity index (χ2v) is 6.52. The van der Waals surface area contributed by atoms with Gasteiger partial charge in [0.2, 0.25) is 0 Å². The van der Waals surface area contributed by atoms with E-state index in [9.17, 15) is 4.57 Å². The van der Waals surface area contributed by atoms with Gasteiger partial charge in [0.05, 0.1) is 0 Å². The van der Waals surface area contributed by atoms with Crippen molar-refractivity contribution in [3.8, 4) is 0 Å². The molecule has 0 radical (unpaired) electrons. The molecule has 0 rings (SSSR count). The van der Waals surface area contributed by atoms with Crippen molar-refractivity contribution in [1.29, 1.82) is 0 Å². The number of hydrogen-bond acceptors (Lipinski definition) is 2. The van der Waals surface area contributed by atoms with Crippen molar-refractivity contribution in [1.82, 2.24) is 0 Å². The van der Waals surface area contributed by atoms with E-state index in [2.05, 4.69) is 0 Å². The van der Waals surface area contributed by atoms with Gasteiger partial charge >= 0.3 is 46.0 Å². The molecule has 0 aromatic carbocycles. The number of hydrogen-bond donors (Lipinski definition) is 3. The Bertz CT molecular complexity index is 115. The van der Waals surface area contributed by atoms with Crippen LogP contribution in [0.25, 0.3) is 0 Å². The quantitative estimate of drug-likeness (QED) is 0.326. The van der Waals surface area contributed by atoms with Crippen molar-refractivity contribution in [2.24, 2.45) is 0 Å². The van der Waals surface area contributed by atoms with Crippen LogP contribution < -0.4 is 0 Å². The van der Waals surface area contributed by atoms with Crippen LogP contribution in [0.2, 0.25) is 0 Å². The minimum atomic E-state index is -3.50. The number of carbonyl (C=O) groups is 1. The second-order valence-electron chi connectivity index (χ2n) is 1.35. The average molecular weight is 164 g/mol. The van der Waals surface area contributed by atoms with Gasteiger partial charge in [0.15, 0.2) is 0 Å². The van der Waals surface area contributed by atoms with Crippen LogP contribution in [0.5, 0.6) is 0 Å². The molecule has 0 aromatic rings. The molecular formula is C2H6NaO5P. The standard InChI is InChI=1S/C2H4O2.Na.HO3P/c1-2(3)4;;1-4(2)3/h1H3,(H,3,4);;(H-,1,2,3)/q;-1;/p+1. The van der Waals surface area contributed by atoms with Crippen LogP contribution in [0, 0.1) is 0 Å². The normalized spacial score (nSPS) is 9.44. The van der Waals surface area contributed by atoms with E-state index in [1.165, 1.54) is 0 Å². The van der Waals surface area contributed by atoms with Gasteiger partial charge in [0, 0.05) is 6.92 Å². The maximum absolute atomic E-state index is 9.39. The molecule has 3 N–H and O–H groups in total. The van der Waals surface area contributed by atoms with Crippen LogP contribution in [-0.2, 0) is 9.36 Å². The first-order chi connectivity index (χ1) is 3.73. The van der Waals surface area contributed by atoms with Crippen LogP contribution in [0.15, 0.2) is 0 Å². The molecule has 0 aliphatic carbocycles. The maximum atomic E-state index is 9.39. The fourth-order valence-electron chi connectivity index (χ4n) is 0. The number of carboxylic acid groups (broad SMARTS) is 1. The number of carboxylic acids is 1. The van der Waals surface area contributed by atoms with Crippen LogP contribution in [0.4, 0.5) is 0 Å². The fourth-order valence-corrected chi connectivity index (χ4v) is 0. The van der Waals surface area contributed by atoms with E-state index < -0.39 is 10.3 Å². The number of aliphatic carboxylic acids is 1. The molecule has 0 fully saturated rings. The molecule has 0 spiro atoms. The van der Waals surface area contributed by atoms with Crippen LogP contribution >= 0.6 is 4.35 Å². The molecule has 0 aliphatic rings. The zero-order valence-corrected chi connectivity index (χ0v) is 8.00. The van der Waals surface area contributed by atoms with Crippen molar-refractivity contribution >= 4 is 37.6 Å². The van der Waals surface area contributed by atoms with Gasteiger partial charge < -0.3 is 5.11 Å². The van der Waals surface area contributed by atoms with Crippen molar-refractivity contribution in [3.05, 3.63) is 0 Å². The first-order valence-corrected chi connectivity index (χ1v) is 6.70. The predicted molar refractivity (Wildman–Crippen MR) is 31.1 cm³/mol. The third-order valence-corrected chi connectivity index (χ3v) is 0. The van der Waals surface area contributed by atoms with E-state index in [-0.39, 0.29) is 27.3 Å². The summed E-state index contributed by atoms with van der Waals surface area (Å²) in [5.41, 5.74) is 0. The van der Waals surface area contributed by atoms with Crippen molar-refractivity contribution < 1.29 is 24.3 Å². The molecule has 0 aliphatic heterocycles. The van der Waals surface area contributed by atoms with Gasteiger partial charge in [0.1, 0.15) is 0 Å². The van der Waals surface area contributed by atoms with E-state index in [0.29, 0.717) is 0 Å². The summed E-state index contributed by atoms with van der Waals surface area (Å²) in [5, 5.41) is 7.42. The molecule has 0 heterocycles. The Morgan fingerprint density at radius 1 is 1.56 bits per heavy atom. The summed E-state index contributed by atoms with van der Waals surface area (Å²) in [7, 11) is 0. The molecule has 0 saturated carbocycles. The molecule has 0 atom stereocenters. The topological polar surface area (TPSA) is 94.8 Å². The van der Waals surface area contributed by atoms with Crippen LogP contribution in [0.1, 0.15) is 6.92 Å². The van der Waals surface area contributed by atoms with Gasteiger partial charge in [-0.15, -0.1) is 0 Å². The zero-order chi connectivity index (χ0) is 8.08. The minimum absolute atomic E-state index is 0.0255. The summed E-state index contributed by atoms with van der Waals surface area (Å²) < 4.78 is 5.89. The van der Waals surface area contributed by atoms with Crippen molar-refractivity contribution in [2.75, 3.05) is 0 Å². The molecule has 9 heavy (non-hydrogen) atoms. The summed E-state index contributed by atoms with van der Waals surface area (Å²) in [6.45, 7) is 1.08. The molecule has 0 unspecified atom stereocenters. The molecule has 0 bridgehead atoms. The Balaban J connectivity index is 0. The van der Waals surface area contributed by atoms with Gasteiger partial charge in [0.25, 0.3) is 5.97 Å². The second kappa shape index (κ2) is 5.41. The van der Waals surface area contributed by atoms with Gasteiger partial charge in [-0.05, 0) is 0 Å². The third kappa shape index (κ3) is 983. The summed E-state index contributed by atoms with van der Waals surface area (Å²) >= 11 is -0.0255. The SMILES string of the molecule is CC(=O)O.O=[P](O)(O)[Na]. The van der Waals surface area contributed by atoms with E-state index in [1.54, 1.807) is 0 Å². The average Bonchev–Trinajstić information content (AvgIpc) is 1.19. The molecule has 0 aromatic heterocycles. The van der Waals surface area contributed by atoms with E-state index in [1.807, 2.05) is 0 Å². The van der Waals surface area contributed by atoms with E-state index in [0.717, 1.165) is 6.92 Å². The first-order valence-electron chi connectivity index (χ1n) is 1.96. The van der Waals surface area contributed by atoms with E-state index in [4.69, 9.17) is 19.7 Å². The fraction of sp³-hybridized carbons (Fsp3) is 0.500. The predicted octanol–water partition coefficient (Wildman–Crippen LogP) is -0.662. The Morgan fingerprint density at radius 2 is 1.56 bits per heavy atom. The Labute approximate surface area is 68.8 Å². The summed E-state index contributed by atoms with van der Waals surface area (Å²) in [6, 6.07) is 0.